The number of carboxylic acids is 3. The van der Waals surface area contributed by atoms with Crippen LogP contribution in [0.5, 0.6) is 0 Å². The fourth-order valence-corrected chi connectivity index (χ4v) is 2.35. The van der Waals surface area contributed by atoms with Crippen LogP contribution in [-0.4, -0.2) is 58.8 Å². The molecule has 0 rings (SSSR count). The first-order valence-electron chi connectivity index (χ1n) is 7.45. The van der Waals surface area contributed by atoms with E-state index >= 15 is 0 Å². The summed E-state index contributed by atoms with van der Waals surface area (Å²) in [5, 5.41) is 28.7. The molecule has 126 valence electrons. The summed E-state index contributed by atoms with van der Waals surface area (Å²) in [6, 6.07) is 0. The minimum absolute atomic E-state index is 0.171. The summed E-state index contributed by atoms with van der Waals surface area (Å²) >= 11 is 0. The molecule has 0 amide bonds. The van der Waals surface area contributed by atoms with Gasteiger partial charge in [0.15, 0.2) is 13.1 Å². The minimum atomic E-state index is -1.44. The molecular formula is C15H25NO6. The largest absolute Gasteiger partial charge is 0.544 e. The Hall–Kier alpha value is -1.89. The number of quaternary nitrogens is 1. The molecule has 0 fully saturated rings. The number of aliphatic carboxylic acids is 3. The molecule has 0 aromatic rings. The van der Waals surface area contributed by atoms with Gasteiger partial charge in [-0.05, 0) is 12.8 Å². The Balaban J connectivity index is 4.67. The maximum atomic E-state index is 10.9. The van der Waals surface area contributed by atoms with Crippen LogP contribution < -0.4 is 5.11 Å². The van der Waals surface area contributed by atoms with Crippen LogP contribution in [0.15, 0.2) is 12.2 Å². The van der Waals surface area contributed by atoms with Crippen molar-refractivity contribution in [2.75, 3.05) is 26.2 Å². The van der Waals surface area contributed by atoms with Crippen molar-refractivity contribution in [3.8, 4) is 0 Å². The van der Waals surface area contributed by atoms with Crippen LogP contribution in [0.4, 0.5) is 0 Å². The highest BCUT2D eigenvalue weighted by atomic mass is 16.4. The first-order valence-corrected chi connectivity index (χ1v) is 7.45. The summed E-state index contributed by atoms with van der Waals surface area (Å²) in [6.07, 6.45) is 8.36. The molecule has 0 atom stereocenters. The highest BCUT2D eigenvalue weighted by Crippen LogP contribution is 2.10. The van der Waals surface area contributed by atoms with Crippen LogP contribution in [0.25, 0.3) is 0 Å². The van der Waals surface area contributed by atoms with E-state index in [-0.39, 0.29) is 6.54 Å². The van der Waals surface area contributed by atoms with Gasteiger partial charge in [0.05, 0.1) is 12.5 Å². The summed E-state index contributed by atoms with van der Waals surface area (Å²) in [7, 11) is 0. The normalized spacial score (nSPS) is 11.7. The molecule has 0 bridgehead atoms. The van der Waals surface area contributed by atoms with E-state index in [1.54, 1.807) is 0 Å². The monoisotopic (exact) mass is 315 g/mol. The number of unbranched alkanes of at least 4 members (excludes halogenated alkanes) is 3. The Morgan fingerprint density at radius 2 is 1.45 bits per heavy atom. The summed E-state index contributed by atoms with van der Waals surface area (Å²) in [6.45, 7) is 0.569. The number of allylic oxidation sites excluding steroid dienone is 2. The van der Waals surface area contributed by atoms with Crippen LogP contribution >= 0.6 is 0 Å². The minimum Gasteiger partial charge on any atom is -0.544 e. The van der Waals surface area contributed by atoms with E-state index in [2.05, 4.69) is 6.92 Å². The fraction of sp³-hybridized carbons (Fsp3) is 0.667. The molecule has 0 aromatic heterocycles. The topological polar surface area (TPSA) is 115 Å². The predicted octanol–water partition coefficient (Wildman–Crippen LogP) is 0.249. The lowest BCUT2D eigenvalue weighted by atomic mass is 10.2. The van der Waals surface area contributed by atoms with Gasteiger partial charge in [-0.15, -0.1) is 0 Å². The molecule has 2 N–H and O–H groups in total. The molecule has 0 aliphatic rings. The second-order valence-corrected chi connectivity index (χ2v) is 5.45. The molecule has 0 heterocycles. The van der Waals surface area contributed by atoms with E-state index in [1.807, 2.05) is 12.2 Å². The molecule has 0 unspecified atom stereocenters. The van der Waals surface area contributed by atoms with Crippen LogP contribution in [0.2, 0.25) is 0 Å². The molecule has 0 aromatic carbocycles. The van der Waals surface area contributed by atoms with Crippen molar-refractivity contribution in [1.82, 2.24) is 0 Å². The summed E-state index contributed by atoms with van der Waals surface area (Å²) < 4.78 is -0.532. The highest BCUT2D eigenvalue weighted by Gasteiger charge is 2.33. The zero-order valence-corrected chi connectivity index (χ0v) is 13.0. The van der Waals surface area contributed by atoms with Gasteiger partial charge in [0.25, 0.3) is 0 Å². The third-order valence-corrected chi connectivity index (χ3v) is 3.30. The van der Waals surface area contributed by atoms with Crippen molar-refractivity contribution in [1.29, 1.82) is 0 Å². The lowest BCUT2D eigenvalue weighted by Gasteiger charge is -2.36. The Labute approximate surface area is 130 Å². The van der Waals surface area contributed by atoms with Crippen LogP contribution in [0, 0.1) is 0 Å². The first-order chi connectivity index (χ1) is 10.3. The third-order valence-electron chi connectivity index (χ3n) is 3.30. The quantitative estimate of drug-likeness (QED) is 0.286. The van der Waals surface area contributed by atoms with Gasteiger partial charge in [-0.25, -0.2) is 9.59 Å². The van der Waals surface area contributed by atoms with E-state index in [9.17, 15) is 19.5 Å². The molecule has 22 heavy (non-hydrogen) atoms. The van der Waals surface area contributed by atoms with Crippen LogP contribution in [-0.2, 0) is 14.4 Å². The molecule has 0 aliphatic carbocycles. The van der Waals surface area contributed by atoms with E-state index in [0.717, 1.165) is 19.3 Å². The van der Waals surface area contributed by atoms with Gasteiger partial charge in [-0.2, -0.15) is 0 Å². The van der Waals surface area contributed by atoms with E-state index in [0.29, 0.717) is 12.8 Å². The third kappa shape index (κ3) is 9.93. The van der Waals surface area contributed by atoms with Gasteiger partial charge < -0.3 is 24.6 Å². The number of nitrogens with zero attached hydrogens (tertiary/aromatic N) is 1. The van der Waals surface area contributed by atoms with Crippen molar-refractivity contribution in [2.45, 2.75) is 39.0 Å². The van der Waals surface area contributed by atoms with Crippen LogP contribution in [0.3, 0.4) is 0 Å². The second kappa shape index (κ2) is 10.8. The maximum Gasteiger partial charge on any atom is 0.359 e. The predicted molar refractivity (Wildman–Crippen MR) is 77.9 cm³/mol. The molecule has 7 nitrogen and oxygen atoms in total. The summed E-state index contributed by atoms with van der Waals surface area (Å²) in [5.41, 5.74) is 0. The Morgan fingerprint density at radius 1 is 0.955 bits per heavy atom. The van der Waals surface area contributed by atoms with Crippen molar-refractivity contribution in [3.05, 3.63) is 12.2 Å². The Bertz CT molecular complexity index is 364. The Morgan fingerprint density at radius 3 is 1.86 bits per heavy atom. The Kier molecular flexibility index (Phi) is 9.86. The van der Waals surface area contributed by atoms with Crippen molar-refractivity contribution in [2.24, 2.45) is 0 Å². The van der Waals surface area contributed by atoms with Crippen molar-refractivity contribution >= 4 is 17.9 Å². The molecule has 7 heteroatoms. The average molecular weight is 315 g/mol. The molecular weight excluding hydrogens is 290 g/mol. The lowest BCUT2D eigenvalue weighted by molar-refractivity contribution is -0.909. The van der Waals surface area contributed by atoms with E-state index < -0.39 is 42.0 Å². The fourth-order valence-electron chi connectivity index (χ4n) is 2.35. The van der Waals surface area contributed by atoms with E-state index in [4.69, 9.17) is 10.2 Å². The van der Waals surface area contributed by atoms with E-state index in [1.165, 1.54) is 0 Å². The SMILES string of the molecule is CCCC/C=C/CCC[N+](CC(=O)[O-])(CC(=O)O)CC(=O)O. The molecule has 0 radical (unpaired) electrons. The molecule has 0 aliphatic heterocycles. The first kappa shape index (κ1) is 20.1. The zero-order valence-electron chi connectivity index (χ0n) is 13.0. The second-order valence-electron chi connectivity index (χ2n) is 5.45. The summed E-state index contributed by atoms with van der Waals surface area (Å²) in [4.78, 5) is 32.8. The molecule has 0 saturated carbocycles. The number of carbonyl (C=O) groups is 3. The smallest absolute Gasteiger partial charge is 0.359 e. The standard InChI is InChI=1S/C15H25NO6/c1-2-3-4-5-6-7-8-9-16(10-13(17)18,11-14(19)20)12-15(21)22/h5-6H,2-4,7-12H2,1H3,(H2-,17,18,19,20,21,22)/b6-5+. The molecule has 0 spiro atoms. The van der Waals surface area contributed by atoms with Crippen molar-refractivity contribution < 1.29 is 34.2 Å². The zero-order chi connectivity index (χ0) is 17.0. The van der Waals surface area contributed by atoms with Gasteiger partial charge in [0.1, 0.15) is 6.54 Å². The molecule has 0 saturated heterocycles. The highest BCUT2D eigenvalue weighted by molar-refractivity contribution is 5.72. The lowest BCUT2D eigenvalue weighted by Crippen LogP contribution is -2.59. The summed E-state index contributed by atoms with van der Waals surface area (Å²) in [5.74, 6) is -3.89. The number of carbonyl (C=O) groups excluding carboxylic acids is 1. The van der Waals surface area contributed by atoms with Gasteiger partial charge in [-0.3, -0.25) is 0 Å². The maximum absolute atomic E-state index is 10.9. The van der Waals surface area contributed by atoms with Gasteiger partial charge in [0, 0.05) is 6.42 Å². The van der Waals surface area contributed by atoms with Crippen molar-refractivity contribution in [3.63, 3.8) is 0 Å². The number of carboxylic acid groups (broad SMARTS) is 3. The average Bonchev–Trinajstić information content (AvgIpc) is 2.35. The van der Waals surface area contributed by atoms with Gasteiger partial charge in [0.2, 0.25) is 0 Å². The van der Waals surface area contributed by atoms with Gasteiger partial charge in [-0.1, -0.05) is 31.9 Å². The number of rotatable bonds is 13. The van der Waals surface area contributed by atoms with Gasteiger partial charge >= 0.3 is 11.9 Å². The number of hydrogen-bond acceptors (Lipinski definition) is 4. The van der Waals surface area contributed by atoms with Crippen LogP contribution in [0.1, 0.15) is 39.0 Å². The number of hydrogen-bond donors (Lipinski definition) is 2.